The summed E-state index contributed by atoms with van der Waals surface area (Å²) in [4.78, 5) is 4.59. The molecular weight excluding hydrogens is 415 g/mol. The molecule has 0 aromatic rings. The predicted molar refractivity (Wildman–Crippen MR) is 115 cm³/mol. The molecule has 5 nitrogen and oxygen atoms in total. The zero-order valence-electron chi connectivity index (χ0n) is 16.1. The lowest BCUT2D eigenvalue weighted by molar-refractivity contribution is 0.0468. The molecule has 0 heterocycles. The maximum absolute atomic E-state index is 6.00. The van der Waals surface area contributed by atoms with Crippen molar-refractivity contribution in [3.05, 3.63) is 0 Å². The summed E-state index contributed by atoms with van der Waals surface area (Å²) in [5.74, 6) is 0.882. The van der Waals surface area contributed by atoms with Crippen molar-refractivity contribution in [2.75, 3.05) is 32.8 Å². The minimum Gasteiger partial charge on any atom is -0.376 e. The fourth-order valence-corrected chi connectivity index (χ4v) is 2.74. The van der Waals surface area contributed by atoms with Crippen LogP contribution in [0.3, 0.4) is 0 Å². The molecule has 1 aliphatic rings. The maximum atomic E-state index is 6.00. The molecule has 0 radical (unpaired) electrons. The van der Waals surface area contributed by atoms with Crippen molar-refractivity contribution < 1.29 is 4.74 Å². The number of guanidine groups is 1. The molecule has 24 heavy (non-hydrogen) atoms. The Balaban J connectivity index is 0.00000529. The molecule has 1 fully saturated rings. The number of halogens is 1. The summed E-state index contributed by atoms with van der Waals surface area (Å²) in [6.45, 7) is 12.7. The molecule has 0 saturated heterocycles. The lowest BCUT2D eigenvalue weighted by atomic mass is 10.1. The van der Waals surface area contributed by atoms with Crippen LogP contribution >= 0.6 is 24.0 Å². The predicted octanol–water partition coefficient (Wildman–Crippen LogP) is 3.29. The first-order chi connectivity index (χ1) is 11.0. The van der Waals surface area contributed by atoms with Crippen LogP contribution in [0.25, 0.3) is 0 Å². The van der Waals surface area contributed by atoms with Gasteiger partial charge in [-0.1, -0.05) is 25.7 Å². The summed E-state index contributed by atoms with van der Waals surface area (Å²) < 4.78 is 6.00. The van der Waals surface area contributed by atoms with Gasteiger partial charge in [0.1, 0.15) is 0 Å². The second-order valence-electron chi connectivity index (χ2n) is 7.35. The highest BCUT2D eigenvalue weighted by atomic mass is 127. The first kappa shape index (κ1) is 23.9. The van der Waals surface area contributed by atoms with Crippen LogP contribution in [0.5, 0.6) is 0 Å². The van der Waals surface area contributed by atoms with E-state index in [1.54, 1.807) is 0 Å². The summed E-state index contributed by atoms with van der Waals surface area (Å²) in [7, 11) is 0. The molecule has 3 N–H and O–H groups in total. The van der Waals surface area contributed by atoms with E-state index in [0.29, 0.717) is 6.10 Å². The summed E-state index contributed by atoms with van der Waals surface area (Å²) >= 11 is 0. The Labute approximate surface area is 166 Å². The number of hydrogen-bond acceptors (Lipinski definition) is 3. The highest BCUT2D eigenvalue weighted by Crippen LogP contribution is 2.19. The van der Waals surface area contributed by atoms with E-state index >= 15 is 0 Å². The van der Waals surface area contributed by atoms with Crippen molar-refractivity contribution in [2.24, 2.45) is 4.99 Å². The lowest BCUT2D eigenvalue weighted by Gasteiger charge is -2.20. The van der Waals surface area contributed by atoms with Gasteiger partial charge in [-0.15, -0.1) is 24.0 Å². The highest BCUT2D eigenvalue weighted by Gasteiger charge is 2.12. The van der Waals surface area contributed by atoms with E-state index < -0.39 is 0 Å². The van der Waals surface area contributed by atoms with Gasteiger partial charge in [0.05, 0.1) is 19.3 Å². The third-order valence-corrected chi connectivity index (χ3v) is 3.93. The third kappa shape index (κ3) is 13.2. The van der Waals surface area contributed by atoms with Crippen molar-refractivity contribution in [2.45, 2.75) is 77.9 Å². The summed E-state index contributed by atoms with van der Waals surface area (Å²) in [6.07, 6.45) is 8.32. The molecule has 1 saturated carbocycles. The Morgan fingerprint density at radius 2 is 1.71 bits per heavy atom. The van der Waals surface area contributed by atoms with Crippen LogP contribution in [0.1, 0.15) is 66.2 Å². The summed E-state index contributed by atoms with van der Waals surface area (Å²) in [5.41, 5.74) is 0.147. The Morgan fingerprint density at radius 1 is 1.04 bits per heavy atom. The van der Waals surface area contributed by atoms with E-state index in [-0.39, 0.29) is 29.5 Å². The largest absolute Gasteiger partial charge is 0.376 e. The quantitative estimate of drug-likeness (QED) is 0.173. The van der Waals surface area contributed by atoms with Gasteiger partial charge in [0.15, 0.2) is 5.96 Å². The van der Waals surface area contributed by atoms with Crippen LogP contribution in [0.4, 0.5) is 0 Å². The van der Waals surface area contributed by atoms with Gasteiger partial charge in [0, 0.05) is 25.2 Å². The minimum absolute atomic E-state index is 0. The van der Waals surface area contributed by atoms with Gasteiger partial charge in [-0.25, -0.2) is 0 Å². The van der Waals surface area contributed by atoms with Crippen LogP contribution < -0.4 is 16.0 Å². The molecule has 0 bridgehead atoms. The van der Waals surface area contributed by atoms with Gasteiger partial charge in [0.2, 0.25) is 0 Å². The summed E-state index contributed by atoms with van der Waals surface area (Å²) in [5, 5.41) is 10.1. The number of nitrogens with zero attached hydrogens (tertiary/aromatic N) is 1. The highest BCUT2D eigenvalue weighted by molar-refractivity contribution is 14.0. The van der Waals surface area contributed by atoms with Gasteiger partial charge >= 0.3 is 0 Å². The average Bonchev–Trinajstić information content (AvgIpc) is 2.75. The SMILES string of the molecule is CCNC(=NCCNC(C)(C)C)NCCOC1CCCCCC1.I. The standard InChI is InChI=1S/C18H38N4O.HI/c1-5-19-17(20-12-13-22-18(2,3)4)21-14-15-23-16-10-8-6-7-9-11-16;/h16,22H,5-15H2,1-4H3,(H2,19,20,21);1H. The molecule has 144 valence electrons. The Kier molecular flexibility index (Phi) is 14.1. The second kappa shape index (κ2) is 14.1. The normalized spacial score (nSPS) is 17.1. The molecular formula is C18H39IN4O. The zero-order valence-corrected chi connectivity index (χ0v) is 18.4. The van der Waals surface area contributed by atoms with Crippen molar-refractivity contribution >= 4 is 29.9 Å². The Morgan fingerprint density at radius 3 is 2.29 bits per heavy atom. The molecule has 0 aliphatic heterocycles. The molecule has 1 aliphatic carbocycles. The molecule has 0 aromatic carbocycles. The molecule has 0 amide bonds. The molecule has 0 spiro atoms. The molecule has 1 rings (SSSR count). The monoisotopic (exact) mass is 454 g/mol. The maximum Gasteiger partial charge on any atom is 0.191 e. The van der Waals surface area contributed by atoms with E-state index in [1.807, 2.05) is 0 Å². The third-order valence-electron chi connectivity index (χ3n) is 3.93. The number of ether oxygens (including phenoxy) is 1. The molecule has 0 unspecified atom stereocenters. The Bertz CT molecular complexity index is 323. The zero-order chi connectivity index (χ0) is 17.0. The second-order valence-corrected chi connectivity index (χ2v) is 7.35. The Hall–Kier alpha value is -0.0800. The van der Waals surface area contributed by atoms with Crippen LogP contribution in [-0.2, 0) is 4.74 Å². The fourth-order valence-electron chi connectivity index (χ4n) is 2.74. The van der Waals surface area contributed by atoms with E-state index in [9.17, 15) is 0 Å². The van der Waals surface area contributed by atoms with Crippen LogP contribution in [0.15, 0.2) is 4.99 Å². The first-order valence-corrected chi connectivity index (χ1v) is 9.40. The van der Waals surface area contributed by atoms with Crippen molar-refractivity contribution in [3.8, 4) is 0 Å². The lowest BCUT2D eigenvalue weighted by Crippen LogP contribution is -2.41. The van der Waals surface area contributed by atoms with Crippen LogP contribution in [0, 0.1) is 0 Å². The topological polar surface area (TPSA) is 57.7 Å². The molecule has 0 aromatic heterocycles. The smallest absolute Gasteiger partial charge is 0.191 e. The summed E-state index contributed by atoms with van der Waals surface area (Å²) in [6, 6.07) is 0. The van der Waals surface area contributed by atoms with Gasteiger partial charge in [-0.05, 0) is 40.5 Å². The van der Waals surface area contributed by atoms with Crippen molar-refractivity contribution in [1.29, 1.82) is 0 Å². The first-order valence-electron chi connectivity index (χ1n) is 9.40. The molecule has 0 atom stereocenters. The van der Waals surface area contributed by atoms with Gasteiger partial charge in [-0.3, -0.25) is 4.99 Å². The van der Waals surface area contributed by atoms with Gasteiger partial charge in [0.25, 0.3) is 0 Å². The number of nitrogens with one attached hydrogen (secondary N) is 3. The number of aliphatic imine (C=N–C) groups is 1. The van der Waals surface area contributed by atoms with Crippen molar-refractivity contribution in [1.82, 2.24) is 16.0 Å². The van der Waals surface area contributed by atoms with Crippen LogP contribution in [0.2, 0.25) is 0 Å². The van der Waals surface area contributed by atoms with Crippen molar-refractivity contribution in [3.63, 3.8) is 0 Å². The van der Waals surface area contributed by atoms with Crippen LogP contribution in [-0.4, -0.2) is 50.4 Å². The fraction of sp³-hybridized carbons (Fsp3) is 0.944. The van der Waals surface area contributed by atoms with E-state index in [4.69, 9.17) is 4.74 Å². The molecule has 6 heteroatoms. The van der Waals surface area contributed by atoms with E-state index in [0.717, 1.165) is 38.7 Å². The average molecular weight is 454 g/mol. The number of rotatable bonds is 8. The van der Waals surface area contributed by atoms with Gasteiger partial charge < -0.3 is 20.7 Å². The van der Waals surface area contributed by atoms with E-state index in [2.05, 4.69) is 48.6 Å². The van der Waals surface area contributed by atoms with E-state index in [1.165, 1.54) is 38.5 Å². The number of hydrogen-bond donors (Lipinski definition) is 3. The van der Waals surface area contributed by atoms with Gasteiger partial charge in [-0.2, -0.15) is 0 Å². The minimum atomic E-state index is 0.